The first-order valence-electron chi connectivity index (χ1n) is 11.8. The number of likely N-dealkylation sites (tertiary alicyclic amines) is 2. The Morgan fingerprint density at radius 3 is 2.66 bits per heavy atom. The van der Waals surface area contributed by atoms with Crippen molar-refractivity contribution < 1.29 is 19.1 Å². The number of amides is 4. The fraction of sp³-hybridized carbons (Fsp3) is 0.625. The zero-order valence-corrected chi connectivity index (χ0v) is 19.1. The number of nitrogens with one attached hydrogen (secondary N) is 1. The number of para-hydroxylation sites is 1. The molecule has 0 unspecified atom stereocenters. The Kier molecular flexibility index (Phi) is 6.69. The number of carbonyl (C=O) groups is 3. The molecular formula is C24H34N4O4. The number of urea groups is 1. The van der Waals surface area contributed by atoms with E-state index in [0.29, 0.717) is 31.7 Å². The van der Waals surface area contributed by atoms with Crippen molar-refractivity contribution in [2.75, 3.05) is 39.8 Å². The van der Waals surface area contributed by atoms with E-state index in [1.807, 2.05) is 24.3 Å². The summed E-state index contributed by atoms with van der Waals surface area (Å²) in [7, 11) is 1.60. The van der Waals surface area contributed by atoms with Crippen LogP contribution in [0.15, 0.2) is 24.3 Å². The first kappa shape index (κ1) is 22.6. The van der Waals surface area contributed by atoms with Gasteiger partial charge in [-0.25, -0.2) is 4.79 Å². The van der Waals surface area contributed by atoms with Crippen LogP contribution >= 0.6 is 0 Å². The van der Waals surface area contributed by atoms with Crippen LogP contribution in [0.2, 0.25) is 0 Å². The molecule has 32 heavy (non-hydrogen) atoms. The molecule has 1 atom stereocenters. The first-order valence-corrected chi connectivity index (χ1v) is 11.8. The predicted octanol–water partition coefficient (Wildman–Crippen LogP) is 2.03. The van der Waals surface area contributed by atoms with Crippen molar-refractivity contribution in [1.29, 1.82) is 0 Å². The second kappa shape index (κ2) is 9.48. The molecule has 8 nitrogen and oxygen atoms in total. The minimum absolute atomic E-state index is 0.00570. The highest BCUT2D eigenvalue weighted by Gasteiger charge is 2.54. The number of benzene rings is 1. The molecule has 0 saturated carbocycles. The van der Waals surface area contributed by atoms with Crippen LogP contribution in [0.25, 0.3) is 0 Å². The van der Waals surface area contributed by atoms with Crippen LogP contribution in [-0.2, 0) is 16.0 Å². The van der Waals surface area contributed by atoms with Crippen LogP contribution in [0, 0.1) is 0 Å². The largest absolute Gasteiger partial charge is 0.496 e. The van der Waals surface area contributed by atoms with Gasteiger partial charge in [0.2, 0.25) is 5.91 Å². The summed E-state index contributed by atoms with van der Waals surface area (Å²) in [4.78, 5) is 44.9. The van der Waals surface area contributed by atoms with Gasteiger partial charge in [-0.15, -0.1) is 0 Å². The Morgan fingerprint density at radius 2 is 1.94 bits per heavy atom. The van der Waals surface area contributed by atoms with Crippen molar-refractivity contribution >= 4 is 17.8 Å². The third kappa shape index (κ3) is 4.33. The van der Waals surface area contributed by atoms with Crippen LogP contribution < -0.4 is 10.1 Å². The molecule has 3 heterocycles. The van der Waals surface area contributed by atoms with E-state index in [0.717, 1.165) is 44.5 Å². The molecule has 8 heteroatoms. The van der Waals surface area contributed by atoms with Crippen molar-refractivity contribution in [3.05, 3.63) is 29.8 Å². The Hall–Kier alpha value is -2.61. The topological polar surface area (TPSA) is 82.2 Å². The lowest BCUT2D eigenvalue weighted by molar-refractivity contribution is -0.138. The molecular weight excluding hydrogens is 408 g/mol. The van der Waals surface area contributed by atoms with Gasteiger partial charge in [0, 0.05) is 31.7 Å². The van der Waals surface area contributed by atoms with Crippen molar-refractivity contribution in [2.24, 2.45) is 0 Å². The first-order chi connectivity index (χ1) is 15.5. The van der Waals surface area contributed by atoms with Gasteiger partial charge in [0.1, 0.15) is 11.3 Å². The van der Waals surface area contributed by atoms with Gasteiger partial charge in [-0.3, -0.25) is 14.5 Å². The number of rotatable bonds is 6. The van der Waals surface area contributed by atoms with E-state index in [-0.39, 0.29) is 30.3 Å². The Labute approximate surface area is 189 Å². The Bertz CT molecular complexity index is 865. The maximum absolute atomic E-state index is 13.4. The molecule has 0 bridgehead atoms. The molecule has 3 saturated heterocycles. The van der Waals surface area contributed by atoms with E-state index in [4.69, 9.17) is 4.74 Å². The van der Waals surface area contributed by atoms with Crippen LogP contribution in [0.3, 0.4) is 0 Å². The molecule has 3 aliphatic rings. The van der Waals surface area contributed by atoms with Gasteiger partial charge in [-0.1, -0.05) is 25.1 Å². The second-order valence-corrected chi connectivity index (χ2v) is 9.15. The smallest absolute Gasteiger partial charge is 0.325 e. The molecule has 1 aromatic rings. The summed E-state index contributed by atoms with van der Waals surface area (Å²) < 4.78 is 5.37. The van der Waals surface area contributed by atoms with Crippen LogP contribution in [0.4, 0.5) is 4.79 Å². The van der Waals surface area contributed by atoms with Crippen molar-refractivity contribution in [1.82, 2.24) is 20.0 Å². The fourth-order valence-corrected chi connectivity index (χ4v) is 5.30. The molecule has 3 fully saturated rings. The summed E-state index contributed by atoms with van der Waals surface area (Å²) in [6, 6.07) is 6.94. The summed E-state index contributed by atoms with van der Waals surface area (Å²) in [5, 5.41) is 3.02. The van der Waals surface area contributed by atoms with Crippen LogP contribution in [0.5, 0.6) is 5.75 Å². The van der Waals surface area contributed by atoms with Gasteiger partial charge < -0.3 is 19.9 Å². The predicted molar refractivity (Wildman–Crippen MR) is 120 cm³/mol. The number of piperidine rings is 2. The summed E-state index contributed by atoms with van der Waals surface area (Å²) in [6.07, 6.45) is 4.13. The minimum Gasteiger partial charge on any atom is -0.496 e. The molecule has 4 amide bonds. The minimum atomic E-state index is -0.773. The van der Waals surface area contributed by atoms with Gasteiger partial charge in [-0.05, 0) is 44.7 Å². The van der Waals surface area contributed by atoms with E-state index in [9.17, 15) is 14.4 Å². The maximum Gasteiger partial charge on any atom is 0.325 e. The molecule has 0 aliphatic carbocycles. The number of imide groups is 1. The number of hydrogen-bond donors (Lipinski definition) is 1. The standard InChI is InChI=1S/C24H34N4O4/c1-3-12-26-14-10-24(11-15-26)22(30)28(23(31)25-24)19-8-6-13-27(17-19)21(29)16-18-7-4-5-9-20(18)32-2/h4-5,7,9,19H,3,6,8,10-17H2,1-2H3,(H,25,31)/t19-/m0/s1. The molecule has 1 aromatic carbocycles. The van der Waals surface area contributed by atoms with Gasteiger partial charge >= 0.3 is 6.03 Å². The Morgan fingerprint density at radius 1 is 1.19 bits per heavy atom. The average Bonchev–Trinajstić information content (AvgIpc) is 3.05. The quantitative estimate of drug-likeness (QED) is 0.682. The molecule has 0 radical (unpaired) electrons. The Balaban J connectivity index is 1.41. The highest BCUT2D eigenvalue weighted by Crippen LogP contribution is 2.32. The monoisotopic (exact) mass is 442 g/mol. The van der Waals surface area contributed by atoms with E-state index in [2.05, 4.69) is 17.1 Å². The number of nitrogens with zero attached hydrogens (tertiary/aromatic N) is 3. The number of ether oxygens (including phenoxy) is 1. The van der Waals surface area contributed by atoms with Crippen molar-refractivity contribution in [3.63, 3.8) is 0 Å². The average molecular weight is 443 g/mol. The van der Waals surface area contributed by atoms with Crippen LogP contribution in [0.1, 0.15) is 44.6 Å². The van der Waals surface area contributed by atoms with E-state index in [1.165, 1.54) is 4.90 Å². The maximum atomic E-state index is 13.4. The summed E-state index contributed by atoms with van der Waals surface area (Å²) >= 11 is 0. The van der Waals surface area contributed by atoms with Crippen molar-refractivity contribution in [3.8, 4) is 5.75 Å². The second-order valence-electron chi connectivity index (χ2n) is 9.15. The number of hydrogen-bond acceptors (Lipinski definition) is 5. The van der Waals surface area contributed by atoms with E-state index in [1.54, 1.807) is 12.0 Å². The SMILES string of the molecule is CCCN1CCC2(CC1)NC(=O)N([C@H]1CCCN(C(=O)Cc3ccccc3OC)C1)C2=O. The van der Waals surface area contributed by atoms with Gasteiger partial charge in [-0.2, -0.15) is 0 Å². The highest BCUT2D eigenvalue weighted by molar-refractivity contribution is 6.07. The molecule has 174 valence electrons. The lowest BCUT2D eigenvalue weighted by Gasteiger charge is -2.39. The molecule has 1 spiro atoms. The van der Waals surface area contributed by atoms with Gasteiger partial charge in [0.15, 0.2) is 0 Å². The lowest BCUT2D eigenvalue weighted by atomic mass is 9.87. The van der Waals surface area contributed by atoms with Gasteiger partial charge in [0.05, 0.1) is 19.6 Å². The van der Waals surface area contributed by atoms with Gasteiger partial charge in [0.25, 0.3) is 5.91 Å². The van der Waals surface area contributed by atoms with E-state index < -0.39 is 5.54 Å². The molecule has 4 rings (SSSR count). The third-order valence-electron chi connectivity index (χ3n) is 7.09. The van der Waals surface area contributed by atoms with E-state index >= 15 is 0 Å². The summed E-state index contributed by atoms with van der Waals surface area (Å²) in [5.74, 6) is 0.580. The lowest BCUT2D eigenvalue weighted by Crippen LogP contribution is -2.56. The normalized spacial score (nSPS) is 23.5. The summed E-state index contributed by atoms with van der Waals surface area (Å²) in [5.41, 5.74) is 0.0697. The number of methoxy groups -OCH3 is 1. The zero-order valence-electron chi connectivity index (χ0n) is 19.1. The summed E-state index contributed by atoms with van der Waals surface area (Å²) in [6.45, 7) is 5.85. The third-order valence-corrected chi connectivity index (χ3v) is 7.09. The number of carbonyl (C=O) groups excluding carboxylic acids is 3. The molecule has 0 aromatic heterocycles. The van der Waals surface area contributed by atoms with Crippen LogP contribution in [-0.4, -0.2) is 84.0 Å². The zero-order chi connectivity index (χ0) is 22.7. The van der Waals surface area contributed by atoms with Crippen molar-refractivity contribution in [2.45, 2.75) is 57.0 Å². The highest BCUT2D eigenvalue weighted by atomic mass is 16.5. The molecule has 1 N–H and O–H groups in total. The molecule has 3 aliphatic heterocycles. The fourth-order valence-electron chi connectivity index (χ4n) is 5.30.